The minimum atomic E-state index is -0.0515. The van der Waals surface area contributed by atoms with E-state index in [2.05, 4.69) is 11.9 Å². The van der Waals surface area contributed by atoms with E-state index in [4.69, 9.17) is 10.5 Å². The van der Waals surface area contributed by atoms with E-state index >= 15 is 0 Å². The highest BCUT2D eigenvalue weighted by molar-refractivity contribution is 5.73. The van der Waals surface area contributed by atoms with E-state index in [0.717, 1.165) is 6.54 Å². The van der Waals surface area contributed by atoms with Gasteiger partial charge in [-0.25, -0.2) is 4.99 Å². The fraction of sp³-hybridized carbons (Fsp3) is 0.857. The normalized spacial score (nSPS) is 39.1. The van der Waals surface area contributed by atoms with Crippen LogP contribution in [-0.4, -0.2) is 18.2 Å². The number of nitrogens with two attached hydrogens (primary N) is 1. The monoisotopic (exact) mass is 140 g/mol. The molecule has 0 saturated heterocycles. The van der Waals surface area contributed by atoms with Crippen molar-refractivity contribution in [3.63, 3.8) is 0 Å². The Balaban J connectivity index is 2.06. The summed E-state index contributed by atoms with van der Waals surface area (Å²) in [5, 5.41) is 0. The summed E-state index contributed by atoms with van der Waals surface area (Å²) < 4.78 is 5.40. The van der Waals surface area contributed by atoms with Gasteiger partial charge in [0, 0.05) is 5.92 Å². The first-order valence-electron chi connectivity index (χ1n) is 3.70. The third-order valence-electron chi connectivity index (χ3n) is 2.33. The third kappa shape index (κ3) is 0.770. The van der Waals surface area contributed by atoms with Crippen molar-refractivity contribution >= 4 is 6.02 Å². The molecule has 3 heteroatoms. The molecule has 2 aliphatic rings. The largest absolute Gasteiger partial charge is 0.457 e. The number of hydrogen-bond acceptors (Lipinski definition) is 3. The molecular weight excluding hydrogens is 128 g/mol. The van der Waals surface area contributed by atoms with Gasteiger partial charge < -0.3 is 10.5 Å². The lowest BCUT2D eigenvalue weighted by atomic mass is 10.0. The van der Waals surface area contributed by atoms with Crippen molar-refractivity contribution in [2.24, 2.45) is 16.6 Å². The Bertz CT molecular complexity index is 186. The van der Waals surface area contributed by atoms with Gasteiger partial charge in [0.25, 0.3) is 6.02 Å². The molecule has 3 nitrogen and oxygen atoms in total. The fourth-order valence-electron chi connectivity index (χ4n) is 1.44. The van der Waals surface area contributed by atoms with E-state index in [1.807, 2.05) is 0 Å². The summed E-state index contributed by atoms with van der Waals surface area (Å²) in [5.41, 5.74) is 5.35. The maximum absolute atomic E-state index is 5.40. The van der Waals surface area contributed by atoms with Gasteiger partial charge in [-0.1, -0.05) is 0 Å². The van der Waals surface area contributed by atoms with Crippen molar-refractivity contribution in [3.8, 4) is 0 Å². The number of hydrogen-bond donors (Lipinski definition) is 1. The van der Waals surface area contributed by atoms with Gasteiger partial charge in [-0.15, -0.1) is 0 Å². The van der Waals surface area contributed by atoms with E-state index < -0.39 is 0 Å². The lowest BCUT2D eigenvalue weighted by Crippen LogP contribution is -2.33. The van der Waals surface area contributed by atoms with Crippen LogP contribution >= 0.6 is 0 Å². The summed E-state index contributed by atoms with van der Waals surface area (Å²) in [7, 11) is 0. The first-order valence-corrected chi connectivity index (χ1v) is 3.70. The van der Waals surface area contributed by atoms with Crippen LogP contribution in [0.5, 0.6) is 0 Å². The van der Waals surface area contributed by atoms with Gasteiger partial charge in [-0.2, -0.15) is 0 Å². The molecule has 0 radical (unpaired) electrons. The Hall–Kier alpha value is -0.730. The van der Waals surface area contributed by atoms with Crippen molar-refractivity contribution in [1.82, 2.24) is 0 Å². The van der Waals surface area contributed by atoms with Gasteiger partial charge in [0.2, 0.25) is 0 Å². The second-order valence-corrected chi connectivity index (χ2v) is 3.34. The van der Waals surface area contributed by atoms with Crippen LogP contribution in [0.25, 0.3) is 0 Å². The highest BCUT2D eigenvalue weighted by atomic mass is 16.5. The van der Waals surface area contributed by atoms with Gasteiger partial charge in [0.1, 0.15) is 5.60 Å². The molecule has 1 aliphatic carbocycles. The van der Waals surface area contributed by atoms with Gasteiger partial charge >= 0.3 is 0 Å². The lowest BCUT2D eigenvalue weighted by Gasteiger charge is -2.21. The van der Waals surface area contributed by atoms with E-state index in [-0.39, 0.29) is 5.60 Å². The molecule has 1 atom stereocenters. The Kier molecular flexibility index (Phi) is 0.993. The molecule has 56 valence electrons. The maximum Gasteiger partial charge on any atom is 0.282 e. The summed E-state index contributed by atoms with van der Waals surface area (Å²) in [6, 6.07) is 0.370. The minimum Gasteiger partial charge on any atom is -0.457 e. The van der Waals surface area contributed by atoms with Crippen LogP contribution in [0.3, 0.4) is 0 Å². The van der Waals surface area contributed by atoms with E-state index in [1.165, 1.54) is 12.8 Å². The van der Waals surface area contributed by atoms with Crippen LogP contribution in [0.2, 0.25) is 0 Å². The highest BCUT2D eigenvalue weighted by Gasteiger charge is 2.46. The molecule has 0 aromatic rings. The number of ether oxygens (including phenoxy) is 1. The number of amidine groups is 1. The van der Waals surface area contributed by atoms with Gasteiger partial charge in [-0.05, 0) is 19.8 Å². The van der Waals surface area contributed by atoms with Gasteiger partial charge in [0.05, 0.1) is 6.54 Å². The zero-order valence-electron chi connectivity index (χ0n) is 6.13. The van der Waals surface area contributed by atoms with E-state index in [9.17, 15) is 0 Å². The van der Waals surface area contributed by atoms with Gasteiger partial charge in [-0.3, -0.25) is 0 Å². The molecule has 2 rings (SSSR count). The van der Waals surface area contributed by atoms with Crippen LogP contribution in [-0.2, 0) is 4.74 Å². The minimum absolute atomic E-state index is 0.0515. The zero-order chi connectivity index (χ0) is 7.19. The summed E-state index contributed by atoms with van der Waals surface area (Å²) in [4.78, 5) is 4.02. The summed E-state index contributed by atoms with van der Waals surface area (Å²) in [6.07, 6.45) is 2.55. The fourth-order valence-corrected chi connectivity index (χ4v) is 1.44. The predicted octanol–water partition coefficient (Wildman–Crippen LogP) is 0.500. The molecule has 1 fully saturated rings. The van der Waals surface area contributed by atoms with Crippen molar-refractivity contribution < 1.29 is 4.74 Å². The molecule has 10 heavy (non-hydrogen) atoms. The molecule has 2 N–H and O–H groups in total. The van der Waals surface area contributed by atoms with Crippen molar-refractivity contribution in [3.05, 3.63) is 0 Å². The number of nitrogens with zero attached hydrogens (tertiary/aromatic N) is 1. The smallest absolute Gasteiger partial charge is 0.282 e. The van der Waals surface area contributed by atoms with Gasteiger partial charge in [0.15, 0.2) is 0 Å². The Morgan fingerprint density at radius 1 is 1.70 bits per heavy atom. The Labute approximate surface area is 60.3 Å². The molecule has 1 heterocycles. The van der Waals surface area contributed by atoms with Crippen molar-refractivity contribution in [2.75, 3.05) is 6.54 Å². The molecule has 0 aromatic heterocycles. The van der Waals surface area contributed by atoms with Crippen molar-refractivity contribution in [1.29, 1.82) is 0 Å². The Morgan fingerprint density at radius 2 is 2.40 bits per heavy atom. The standard InChI is InChI=1S/C7H12N2O/c1-7(5-2-3-5)4-9-6(8)10-7/h5H,2-4H2,1H3,(H2,8,9). The first-order chi connectivity index (χ1) is 4.71. The van der Waals surface area contributed by atoms with E-state index in [1.54, 1.807) is 0 Å². The predicted molar refractivity (Wildman–Crippen MR) is 38.7 cm³/mol. The molecule has 0 aromatic carbocycles. The molecule has 0 spiro atoms. The van der Waals surface area contributed by atoms with Crippen molar-refractivity contribution in [2.45, 2.75) is 25.4 Å². The molecule has 1 unspecified atom stereocenters. The topological polar surface area (TPSA) is 47.6 Å². The quantitative estimate of drug-likeness (QED) is 0.576. The van der Waals surface area contributed by atoms with Crippen LogP contribution in [0, 0.1) is 5.92 Å². The average molecular weight is 140 g/mol. The average Bonchev–Trinajstić information content (AvgIpc) is 2.62. The highest BCUT2D eigenvalue weighted by Crippen LogP contribution is 2.43. The van der Waals surface area contributed by atoms with Crippen LogP contribution in [0.4, 0.5) is 0 Å². The van der Waals surface area contributed by atoms with Crippen LogP contribution in [0.15, 0.2) is 4.99 Å². The number of aliphatic imine (C=N–C) groups is 1. The van der Waals surface area contributed by atoms with Crippen LogP contribution in [0.1, 0.15) is 19.8 Å². The summed E-state index contributed by atoms with van der Waals surface area (Å²) >= 11 is 0. The second kappa shape index (κ2) is 1.65. The molecule has 0 bridgehead atoms. The molecular formula is C7H12N2O. The zero-order valence-corrected chi connectivity index (χ0v) is 6.13. The number of rotatable bonds is 1. The maximum atomic E-state index is 5.40. The SMILES string of the molecule is CC1(C2CC2)CN=C(N)O1. The summed E-state index contributed by atoms with van der Waals surface area (Å²) in [5.74, 6) is 0.706. The van der Waals surface area contributed by atoms with E-state index in [0.29, 0.717) is 11.9 Å². The lowest BCUT2D eigenvalue weighted by molar-refractivity contribution is 0.0820. The third-order valence-corrected chi connectivity index (χ3v) is 2.33. The molecule has 1 saturated carbocycles. The first kappa shape index (κ1) is 6.01. The molecule has 0 amide bonds. The Morgan fingerprint density at radius 3 is 2.80 bits per heavy atom. The summed E-state index contributed by atoms with van der Waals surface area (Å²) in [6.45, 7) is 2.84. The second-order valence-electron chi connectivity index (χ2n) is 3.34. The molecule has 1 aliphatic heterocycles. The van der Waals surface area contributed by atoms with Crippen LogP contribution < -0.4 is 5.73 Å².